The lowest BCUT2D eigenvalue weighted by atomic mass is 10.0. The Bertz CT molecular complexity index is 1050. The van der Waals surface area contributed by atoms with Gasteiger partial charge in [-0.3, -0.25) is 0 Å². The Morgan fingerprint density at radius 2 is 1.76 bits per heavy atom. The smallest absolute Gasteiger partial charge is 0.323 e. The van der Waals surface area contributed by atoms with Crippen LogP contribution in [0.4, 0.5) is 9.83 Å². The fraction of sp³-hybridized carbons (Fsp3) is 0.0625. The summed E-state index contributed by atoms with van der Waals surface area (Å²) >= 11 is 0. The van der Waals surface area contributed by atoms with E-state index in [9.17, 15) is 12.3 Å². The van der Waals surface area contributed by atoms with Crippen molar-refractivity contribution in [3.8, 4) is 0 Å². The van der Waals surface area contributed by atoms with Gasteiger partial charge < -0.3 is 5.32 Å². The Balaban J connectivity index is 1.76. The molecule has 0 fully saturated rings. The minimum atomic E-state index is -4.72. The molecule has 3 aromatic rings. The van der Waals surface area contributed by atoms with Gasteiger partial charge in [0.05, 0.1) is 4.90 Å². The zero-order chi connectivity index (χ0) is 17.4. The van der Waals surface area contributed by atoms with Crippen LogP contribution in [0.25, 0.3) is 5.70 Å². The number of fused-ring (bicyclic) bond motifs is 1. The number of nitrogens with one attached hydrogen (secondary N) is 1. The fourth-order valence-corrected chi connectivity index (χ4v) is 3.17. The van der Waals surface area contributed by atoms with E-state index < -0.39 is 10.2 Å². The van der Waals surface area contributed by atoms with Gasteiger partial charge in [0, 0.05) is 5.70 Å². The van der Waals surface area contributed by atoms with Crippen molar-refractivity contribution >= 4 is 21.9 Å². The maximum atomic E-state index is 13.0. The highest BCUT2D eigenvalue weighted by Gasteiger charge is 2.24. The maximum absolute atomic E-state index is 13.0. The van der Waals surface area contributed by atoms with Crippen LogP contribution in [0, 0.1) is 0 Å². The molecule has 126 valence electrons. The molecule has 0 spiro atoms. The van der Waals surface area contributed by atoms with Crippen LogP contribution in [0.15, 0.2) is 65.6 Å². The van der Waals surface area contributed by atoms with Crippen LogP contribution >= 0.6 is 0 Å². The SMILES string of the molecule is O=S(=O)(F)c1ccc(C2=C[C@H](c3ccccc3)n3nnnc3N2)cc1. The summed E-state index contributed by atoms with van der Waals surface area (Å²) in [5, 5.41) is 14.8. The molecule has 0 amide bonds. The van der Waals surface area contributed by atoms with Crippen molar-refractivity contribution in [2.75, 3.05) is 5.32 Å². The normalized spacial score (nSPS) is 16.7. The van der Waals surface area contributed by atoms with E-state index in [0.29, 0.717) is 17.2 Å². The number of benzene rings is 2. The number of hydrogen-bond donors (Lipinski definition) is 1. The van der Waals surface area contributed by atoms with Crippen molar-refractivity contribution in [2.24, 2.45) is 0 Å². The number of anilines is 1. The number of halogens is 1. The third-order valence-electron chi connectivity index (χ3n) is 3.92. The number of rotatable bonds is 3. The van der Waals surface area contributed by atoms with Gasteiger partial charge in [-0.2, -0.15) is 13.1 Å². The van der Waals surface area contributed by atoms with E-state index in [1.54, 1.807) is 4.68 Å². The molecule has 0 aliphatic carbocycles. The molecule has 1 atom stereocenters. The van der Waals surface area contributed by atoms with Gasteiger partial charge in [0.15, 0.2) is 0 Å². The molecule has 2 heterocycles. The lowest BCUT2D eigenvalue weighted by Gasteiger charge is -2.23. The van der Waals surface area contributed by atoms with Gasteiger partial charge in [0.2, 0.25) is 5.95 Å². The van der Waals surface area contributed by atoms with Gasteiger partial charge in [-0.15, -0.1) is 3.89 Å². The number of tetrazole rings is 1. The van der Waals surface area contributed by atoms with Crippen molar-refractivity contribution in [2.45, 2.75) is 10.9 Å². The average molecular weight is 357 g/mol. The van der Waals surface area contributed by atoms with Crippen molar-refractivity contribution in [1.29, 1.82) is 0 Å². The first-order valence-electron chi connectivity index (χ1n) is 7.39. The van der Waals surface area contributed by atoms with Crippen LogP contribution in [-0.4, -0.2) is 28.6 Å². The Morgan fingerprint density at radius 3 is 2.44 bits per heavy atom. The molecule has 0 radical (unpaired) electrons. The molecule has 0 bridgehead atoms. The first-order chi connectivity index (χ1) is 12.0. The maximum Gasteiger partial charge on any atom is 0.332 e. The van der Waals surface area contributed by atoms with E-state index >= 15 is 0 Å². The summed E-state index contributed by atoms with van der Waals surface area (Å²) in [4.78, 5) is -0.378. The Morgan fingerprint density at radius 1 is 1.04 bits per heavy atom. The summed E-state index contributed by atoms with van der Waals surface area (Å²) < 4.78 is 36.6. The molecule has 4 rings (SSSR count). The second-order valence-electron chi connectivity index (χ2n) is 5.47. The predicted molar refractivity (Wildman–Crippen MR) is 88.7 cm³/mol. The highest BCUT2D eigenvalue weighted by Crippen LogP contribution is 2.31. The molecular weight excluding hydrogens is 345 g/mol. The van der Waals surface area contributed by atoms with Crippen molar-refractivity contribution < 1.29 is 12.3 Å². The van der Waals surface area contributed by atoms with E-state index in [4.69, 9.17) is 0 Å². The van der Waals surface area contributed by atoms with Gasteiger partial charge in [0.1, 0.15) is 6.04 Å². The zero-order valence-corrected chi connectivity index (χ0v) is 13.6. The van der Waals surface area contributed by atoms with Crippen LogP contribution < -0.4 is 5.32 Å². The van der Waals surface area contributed by atoms with Gasteiger partial charge in [0.25, 0.3) is 0 Å². The Kier molecular flexibility index (Phi) is 3.57. The first-order valence-corrected chi connectivity index (χ1v) is 8.77. The molecule has 1 aromatic heterocycles. The van der Waals surface area contributed by atoms with Crippen molar-refractivity contribution in [3.63, 3.8) is 0 Å². The minimum Gasteiger partial charge on any atom is -0.323 e. The van der Waals surface area contributed by atoms with Crippen LogP contribution in [0.5, 0.6) is 0 Å². The highest BCUT2D eigenvalue weighted by atomic mass is 32.3. The van der Waals surface area contributed by atoms with Crippen LogP contribution in [0.1, 0.15) is 17.2 Å². The summed E-state index contributed by atoms with van der Waals surface area (Å²) in [5.41, 5.74) is 2.40. The first kappa shape index (κ1) is 15.5. The molecule has 0 saturated carbocycles. The second-order valence-corrected chi connectivity index (χ2v) is 6.82. The lowest BCUT2D eigenvalue weighted by Crippen LogP contribution is -2.20. The van der Waals surface area contributed by atoms with Gasteiger partial charge in [-0.1, -0.05) is 47.6 Å². The van der Waals surface area contributed by atoms with E-state index in [1.165, 1.54) is 24.3 Å². The third kappa shape index (κ3) is 2.89. The van der Waals surface area contributed by atoms with E-state index in [1.807, 2.05) is 36.4 Å². The van der Waals surface area contributed by atoms with Crippen molar-refractivity contribution in [1.82, 2.24) is 20.2 Å². The summed E-state index contributed by atoms with van der Waals surface area (Å²) in [6, 6.07) is 15.0. The second kappa shape index (κ2) is 5.78. The van der Waals surface area contributed by atoms with E-state index in [2.05, 4.69) is 20.8 Å². The zero-order valence-electron chi connectivity index (χ0n) is 12.7. The summed E-state index contributed by atoms with van der Waals surface area (Å²) in [6.45, 7) is 0. The van der Waals surface area contributed by atoms with Crippen LogP contribution in [-0.2, 0) is 10.2 Å². The Labute approximate surface area is 143 Å². The summed E-state index contributed by atoms with van der Waals surface area (Å²) in [7, 11) is -4.72. The Hall–Kier alpha value is -3.07. The summed E-state index contributed by atoms with van der Waals surface area (Å²) in [5.74, 6) is 0.466. The largest absolute Gasteiger partial charge is 0.332 e. The predicted octanol–water partition coefficient (Wildman–Crippen LogP) is 2.39. The van der Waals surface area contributed by atoms with Gasteiger partial charge in [-0.25, -0.2) is 0 Å². The lowest BCUT2D eigenvalue weighted by molar-refractivity contribution is 0.552. The monoisotopic (exact) mass is 357 g/mol. The van der Waals surface area contributed by atoms with Gasteiger partial charge >= 0.3 is 10.2 Å². The van der Waals surface area contributed by atoms with Crippen molar-refractivity contribution in [3.05, 3.63) is 71.8 Å². The fourth-order valence-electron chi connectivity index (χ4n) is 2.71. The molecule has 2 aromatic carbocycles. The molecular formula is C16H12FN5O2S. The minimum absolute atomic E-state index is 0.216. The molecule has 25 heavy (non-hydrogen) atoms. The number of hydrogen-bond acceptors (Lipinski definition) is 6. The molecule has 0 unspecified atom stereocenters. The molecule has 1 N–H and O–H groups in total. The van der Waals surface area contributed by atoms with E-state index in [0.717, 1.165) is 5.56 Å². The standard InChI is InChI=1S/C16H12FN5O2S/c17-25(23,24)13-8-6-11(7-9-13)14-10-15(12-4-2-1-3-5-12)22-16(18-14)19-20-21-22/h1-10,15H,(H,18,19,21)/t15-/m1/s1. The quantitative estimate of drug-likeness (QED) is 0.724. The van der Waals surface area contributed by atoms with E-state index in [-0.39, 0.29) is 10.9 Å². The topological polar surface area (TPSA) is 89.8 Å². The number of allylic oxidation sites excluding steroid dienone is 1. The molecule has 1 aliphatic heterocycles. The third-order valence-corrected chi connectivity index (χ3v) is 4.75. The average Bonchev–Trinajstić information content (AvgIpc) is 3.09. The number of aromatic nitrogens is 4. The van der Waals surface area contributed by atoms with Gasteiger partial charge in [-0.05, 0) is 39.8 Å². The molecule has 0 saturated heterocycles. The van der Waals surface area contributed by atoms with Crippen LogP contribution in [0.3, 0.4) is 0 Å². The molecule has 7 nitrogen and oxygen atoms in total. The summed E-state index contributed by atoms with van der Waals surface area (Å²) in [6.07, 6.45) is 1.93. The van der Waals surface area contributed by atoms with Crippen LogP contribution in [0.2, 0.25) is 0 Å². The molecule has 1 aliphatic rings. The highest BCUT2D eigenvalue weighted by molar-refractivity contribution is 7.86. The molecule has 9 heteroatoms. The number of nitrogens with zero attached hydrogens (tertiary/aromatic N) is 4.